The molecule has 0 atom stereocenters. The highest BCUT2D eigenvalue weighted by atomic mass is 35.5. The molecule has 0 bridgehead atoms. The average molecular weight is 390 g/mol. The van der Waals surface area contributed by atoms with Crippen LogP contribution in [0.1, 0.15) is 17.4 Å². The fourth-order valence-corrected chi connectivity index (χ4v) is 3.04. The number of hydrogen-bond donors (Lipinski definition) is 1. The van der Waals surface area contributed by atoms with Crippen LogP contribution in [0.25, 0.3) is 0 Å². The Morgan fingerprint density at radius 2 is 1.81 bits per heavy atom. The molecule has 0 unspecified atom stereocenters. The Morgan fingerprint density at radius 1 is 1.11 bits per heavy atom. The summed E-state index contributed by atoms with van der Waals surface area (Å²) in [5.74, 6) is 0.911. The number of methoxy groups -OCH3 is 1. The number of amides is 2. The molecule has 2 heterocycles. The summed E-state index contributed by atoms with van der Waals surface area (Å²) in [6, 6.07) is 5.27. The lowest BCUT2D eigenvalue weighted by Gasteiger charge is -2.33. The summed E-state index contributed by atoms with van der Waals surface area (Å²) in [5, 5.41) is 3.56. The highest BCUT2D eigenvalue weighted by molar-refractivity contribution is 6.32. The van der Waals surface area contributed by atoms with E-state index in [9.17, 15) is 9.59 Å². The molecule has 8 nitrogen and oxygen atoms in total. The van der Waals surface area contributed by atoms with E-state index in [2.05, 4.69) is 15.3 Å². The van der Waals surface area contributed by atoms with Crippen molar-refractivity contribution in [3.63, 3.8) is 0 Å². The van der Waals surface area contributed by atoms with Crippen molar-refractivity contribution in [1.82, 2.24) is 19.8 Å². The van der Waals surface area contributed by atoms with Crippen molar-refractivity contribution < 1.29 is 14.3 Å². The first-order valence-corrected chi connectivity index (χ1v) is 8.83. The highest BCUT2D eigenvalue weighted by Crippen LogP contribution is 2.28. The van der Waals surface area contributed by atoms with E-state index in [0.29, 0.717) is 42.8 Å². The van der Waals surface area contributed by atoms with Crippen molar-refractivity contribution in [1.29, 1.82) is 0 Å². The number of nitrogens with one attached hydrogen (secondary N) is 1. The first-order valence-electron chi connectivity index (χ1n) is 8.45. The second-order valence-electron chi connectivity index (χ2n) is 6.06. The molecule has 9 heteroatoms. The summed E-state index contributed by atoms with van der Waals surface area (Å²) < 4.78 is 5.12. The van der Waals surface area contributed by atoms with Gasteiger partial charge in [0.1, 0.15) is 17.3 Å². The lowest BCUT2D eigenvalue weighted by molar-refractivity contribution is -0.130. The van der Waals surface area contributed by atoms with Gasteiger partial charge in [0, 0.05) is 38.8 Å². The van der Waals surface area contributed by atoms with Gasteiger partial charge in [-0.05, 0) is 18.2 Å². The number of carbonyl (C=O) groups excluding carboxylic acids is 2. The van der Waals surface area contributed by atoms with E-state index < -0.39 is 0 Å². The van der Waals surface area contributed by atoms with Gasteiger partial charge in [0.2, 0.25) is 5.91 Å². The Labute approximate surface area is 162 Å². The first kappa shape index (κ1) is 18.9. The Balaban J connectivity index is 1.62. The third-order valence-corrected chi connectivity index (χ3v) is 4.60. The van der Waals surface area contributed by atoms with Crippen molar-refractivity contribution in [2.75, 3.05) is 38.6 Å². The summed E-state index contributed by atoms with van der Waals surface area (Å²) in [6.07, 6.45) is 2.93. The van der Waals surface area contributed by atoms with Crippen LogP contribution < -0.4 is 10.1 Å². The zero-order chi connectivity index (χ0) is 19.4. The summed E-state index contributed by atoms with van der Waals surface area (Å²) in [6.45, 7) is 3.58. The zero-order valence-corrected chi connectivity index (χ0v) is 15.9. The van der Waals surface area contributed by atoms with E-state index in [1.165, 1.54) is 19.3 Å². The maximum absolute atomic E-state index is 12.5. The molecule has 1 aromatic carbocycles. The highest BCUT2D eigenvalue weighted by Gasteiger charge is 2.24. The molecule has 1 N–H and O–H groups in total. The summed E-state index contributed by atoms with van der Waals surface area (Å²) in [4.78, 5) is 35.8. The lowest BCUT2D eigenvalue weighted by Crippen LogP contribution is -2.50. The number of benzene rings is 1. The SMILES string of the molecule is COc1ccc(Nc2cnc(C(=O)N3CCN(C(C)=O)CC3)cn2)cc1Cl. The third-order valence-electron chi connectivity index (χ3n) is 4.31. The van der Waals surface area contributed by atoms with Gasteiger partial charge in [-0.25, -0.2) is 9.97 Å². The Hall–Kier alpha value is -2.87. The predicted octanol–water partition coefficient (Wildman–Crippen LogP) is 2.19. The van der Waals surface area contributed by atoms with Gasteiger partial charge in [0.15, 0.2) is 0 Å². The zero-order valence-electron chi connectivity index (χ0n) is 15.1. The predicted molar refractivity (Wildman–Crippen MR) is 101 cm³/mol. The largest absolute Gasteiger partial charge is 0.495 e. The number of aromatic nitrogens is 2. The number of ether oxygens (including phenoxy) is 1. The monoisotopic (exact) mass is 389 g/mol. The van der Waals surface area contributed by atoms with Crippen LogP contribution in [0.15, 0.2) is 30.6 Å². The van der Waals surface area contributed by atoms with Crippen molar-refractivity contribution in [2.24, 2.45) is 0 Å². The van der Waals surface area contributed by atoms with Gasteiger partial charge in [0.25, 0.3) is 5.91 Å². The maximum atomic E-state index is 12.5. The summed E-state index contributed by atoms with van der Waals surface area (Å²) >= 11 is 6.10. The van der Waals surface area contributed by atoms with Crippen LogP contribution in [0.3, 0.4) is 0 Å². The van der Waals surface area contributed by atoms with E-state index >= 15 is 0 Å². The molecule has 0 radical (unpaired) electrons. The number of anilines is 2. The van der Waals surface area contributed by atoms with Gasteiger partial charge in [0.05, 0.1) is 24.5 Å². The second-order valence-corrected chi connectivity index (χ2v) is 6.47. The normalized spacial score (nSPS) is 14.0. The van der Waals surface area contributed by atoms with E-state index in [1.807, 2.05) is 0 Å². The molecule has 0 saturated carbocycles. The number of hydrogen-bond acceptors (Lipinski definition) is 6. The fraction of sp³-hybridized carbons (Fsp3) is 0.333. The molecule has 1 aromatic heterocycles. The lowest BCUT2D eigenvalue weighted by atomic mass is 10.2. The molecule has 2 aromatic rings. The van der Waals surface area contributed by atoms with E-state index in [1.54, 1.807) is 35.1 Å². The minimum atomic E-state index is -0.190. The molecule has 0 spiro atoms. The average Bonchev–Trinajstić information content (AvgIpc) is 2.68. The number of nitrogens with zero attached hydrogens (tertiary/aromatic N) is 4. The van der Waals surface area contributed by atoms with Crippen molar-refractivity contribution in [3.8, 4) is 5.75 Å². The first-order chi connectivity index (χ1) is 13.0. The molecule has 3 rings (SSSR count). The Bertz CT molecular complexity index is 835. The quantitative estimate of drug-likeness (QED) is 0.862. The number of carbonyl (C=O) groups is 2. The standard InChI is InChI=1S/C18H20ClN5O3/c1-12(25)23-5-7-24(8-6-23)18(26)15-10-21-17(11-20-15)22-13-3-4-16(27-2)14(19)9-13/h3-4,9-11H,5-8H2,1-2H3,(H,21,22). The van der Waals surface area contributed by atoms with E-state index in [4.69, 9.17) is 16.3 Å². The second kappa shape index (κ2) is 8.22. The smallest absolute Gasteiger partial charge is 0.274 e. The fourth-order valence-electron chi connectivity index (χ4n) is 2.78. The topological polar surface area (TPSA) is 87.7 Å². The van der Waals surface area contributed by atoms with Gasteiger partial charge in [-0.3, -0.25) is 9.59 Å². The number of halogens is 1. The van der Waals surface area contributed by atoms with Crippen LogP contribution in [-0.2, 0) is 4.79 Å². The molecular weight excluding hydrogens is 370 g/mol. The van der Waals surface area contributed by atoms with Crippen LogP contribution in [0.4, 0.5) is 11.5 Å². The van der Waals surface area contributed by atoms with Crippen molar-refractivity contribution in [2.45, 2.75) is 6.92 Å². The minimum absolute atomic E-state index is 0.0240. The molecule has 2 amide bonds. The van der Waals surface area contributed by atoms with Crippen LogP contribution in [-0.4, -0.2) is 64.9 Å². The summed E-state index contributed by atoms with van der Waals surface area (Å²) in [7, 11) is 1.55. The van der Waals surface area contributed by atoms with Gasteiger partial charge in [-0.1, -0.05) is 11.6 Å². The van der Waals surface area contributed by atoms with E-state index in [-0.39, 0.29) is 17.5 Å². The van der Waals surface area contributed by atoms with Crippen LogP contribution in [0.2, 0.25) is 5.02 Å². The number of rotatable bonds is 4. The van der Waals surface area contributed by atoms with Gasteiger partial charge < -0.3 is 19.9 Å². The minimum Gasteiger partial charge on any atom is -0.495 e. The Morgan fingerprint density at radius 3 is 2.37 bits per heavy atom. The van der Waals surface area contributed by atoms with E-state index in [0.717, 1.165) is 5.69 Å². The molecular formula is C18H20ClN5O3. The van der Waals surface area contributed by atoms with Gasteiger partial charge in [-0.2, -0.15) is 0 Å². The molecule has 1 fully saturated rings. The van der Waals surface area contributed by atoms with Crippen LogP contribution in [0.5, 0.6) is 5.75 Å². The van der Waals surface area contributed by atoms with Crippen LogP contribution >= 0.6 is 11.6 Å². The molecule has 1 aliphatic heterocycles. The molecule has 27 heavy (non-hydrogen) atoms. The van der Waals surface area contributed by atoms with Crippen LogP contribution in [0, 0.1) is 0 Å². The van der Waals surface area contributed by atoms with Gasteiger partial charge >= 0.3 is 0 Å². The van der Waals surface area contributed by atoms with Crippen molar-refractivity contribution >= 4 is 34.9 Å². The van der Waals surface area contributed by atoms with Gasteiger partial charge in [-0.15, -0.1) is 0 Å². The molecule has 142 valence electrons. The maximum Gasteiger partial charge on any atom is 0.274 e. The molecule has 1 saturated heterocycles. The molecule has 1 aliphatic rings. The third kappa shape index (κ3) is 4.46. The Kier molecular flexibility index (Phi) is 5.75. The number of piperazine rings is 1. The van der Waals surface area contributed by atoms with Crippen molar-refractivity contribution in [3.05, 3.63) is 41.3 Å². The molecule has 0 aliphatic carbocycles. The summed E-state index contributed by atoms with van der Waals surface area (Å²) in [5.41, 5.74) is 0.999.